The topological polar surface area (TPSA) is 44.8 Å². The van der Waals surface area contributed by atoms with E-state index < -0.39 is 12.2 Å². The van der Waals surface area contributed by atoms with Gasteiger partial charge in [0.2, 0.25) is 0 Å². The van der Waals surface area contributed by atoms with Crippen molar-refractivity contribution in [2.45, 2.75) is 38.4 Å². The molecule has 0 aliphatic heterocycles. The fraction of sp³-hybridized carbons (Fsp3) is 0.562. The average molecular weight is 296 g/mol. The summed E-state index contributed by atoms with van der Waals surface area (Å²) in [4.78, 5) is 11.8. The van der Waals surface area contributed by atoms with Gasteiger partial charge in [0.05, 0.1) is 0 Å². The first kappa shape index (κ1) is 15.9. The van der Waals surface area contributed by atoms with Crippen LogP contribution in [-0.2, 0) is 19.0 Å². The lowest BCUT2D eigenvalue weighted by atomic mass is 10.0. The van der Waals surface area contributed by atoms with Gasteiger partial charge in [-0.15, -0.1) is 0 Å². The normalized spacial score (nSPS) is 17.3. The van der Waals surface area contributed by atoms with E-state index in [1.807, 2.05) is 0 Å². The first-order valence-electron chi connectivity index (χ1n) is 7.16. The highest BCUT2D eigenvalue weighted by Crippen LogP contribution is 2.33. The molecule has 0 N–H and O–H groups in total. The molecular formula is C16H21FO4. The standard InChI is InChI=1S/C16H21FO4/c1-11(21-15(18)9-12-7-8-12)16(20-10-19-2)13-5-3-4-6-14(13)17/h3-6,11-12,16H,7-10H2,1-2H3/t11-,16+/m0/s1. The Morgan fingerprint density at radius 3 is 2.71 bits per heavy atom. The van der Waals surface area contributed by atoms with E-state index in [-0.39, 0.29) is 18.6 Å². The summed E-state index contributed by atoms with van der Waals surface area (Å²) in [5.74, 6) is -0.187. The SMILES string of the molecule is COCO[C@@H](c1ccccc1F)[C@H](C)OC(=O)CC1CC1. The molecule has 5 heteroatoms. The lowest BCUT2D eigenvalue weighted by Crippen LogP contribution is -2.26. The number of carbonyl (C=O) groups is 1. The number of halogens is 1. The van der Waals surface area contributed by atoms with E-state index in [9.17, 15) is 9.18 Å². The first-order valence-corrected chi connectivity index (χ1v) is 7.16. The fourth-order valence-electron chi connectivity index (χ4n) is 2.20. The smallest absolute Gasteiger partial charge is 0.306 e. The van der Waals surface area contributed by atoms with Crippen molar-refractivity contribution in [3.8, 4) is 0 Å². The van der Waals surface area contributed by atoms with Crippen LogP contribution in [0, 0.1) is 11.7 Å². The Hall–Kier alpha value is -1.46. The number of carbonyl (C=O) groups excluding carboxylic acids is 1. The van der Waals surface area contributed by atoms with Crippen molar-refractivity contribution in [2.24, 2.45) is 5.92 Å². The molecule has 2 rings (SSSR count). The Labute approximate surface area is 124 Å². The number of methoxy groups -OCH3 is 1. The Balaban J connectivity index is 2.03. The molecule has 2 atom stereocenters. The van der Waals surface area contributed by atoms with Crippen LogP contribution in [0.5, 0.6) is 0 Å². The van der Waals surface area contributed by atoms with Gasteiger partial charge in [-0.2, -0.15) is 0 Å². The van der Waals surface area contributed by atoms with E-state index in [0.717, 1.165) is 12.8 Å². The quantitative estimate of drug-likeness (QED) is 0.546. The largest absolute Gasteiger partial charge is 0.459 e. The Bertz CT molecular complexity index is 473. The predicted molar refractivity (Wildman–Crippen MR) is 75.0 cm³/mol. The second kappa shape index (κ2) is 7.52. The molecule has 0 aromatic heterocycles. The van der Waals surface area contributed by atoms with Crippen LogP contribution in [0.2, 0.25) is 0 Å². The molecule has 0 spiro atoms. The highest BCUT2D eigenvalue weighted by molar-refractivity contribution is 5.70. The molecule has 21 heavy (non-hydrogen) atoms. The molecule has 1 saturated carbocycles. The second-order valence-corrected chi connectivity index (χ2v) is 5.36. The summed E-state index contributed by atoms with van der Waals surface area (Å²) in [5, 5.41) is 0. The Kier molecular flexibility index (Phi) is 5.70. The van der Waals surface area contributed by atoms with Crippen LogP contribution in [-0.4, -0.2) is 26.0 Å². The van der Waals surface area contributed by atoms with Gasteiger partial charge in [-0.05, 0) is 31.7 Å². The molecule has 1 aromatic rings. The molecule has 0 heterocycles. The van der Waals surface area contributed by atoms with Gasteiger partial charge in [0, 0.05) is 19.1 Å². The van der Waals surface area contributed by atoms with Gasteiger partial charge in [-0.25, -0.2) is 4.39 Å². The molecule has 116 valence electrons. The number of hydrogen-bond donors (Lipinski definition) is 0. The van der Waals surface area contributed by atoms with E-state index >= 15 is 0 Å². The van der Waals surface area contributed by atoms with E-state index in [4.69, 9.17) is 14.2 Å². The average Bonchev–Trinajstić information content (AvgIpc) is 3.24. The van der Waals surface area contributed by atoms with Crippen LogP contribution in [0.15, 0.2) is 24.3 Å². The molecule has 1 aromatic carbocycles. The summed E-state index contributed by atoms with van der Waals surface area (Å²) < 4.78 is 29.7. The van der Waals surface area contributed by atoms with Gasteiger partial charge in [0.1, 0.15) is 24.8 Å². The van der Waals surface area contributed by atoms with Crippen LogP contribution in [0.25, 0.3) is 0 Å². The number of ether oxygens (including phenoxy) is 3. The molecule has 1 fully saturated rings. The Morgan fingerprint density at radius 1 is 1.38 bits per heavy atom. The maximum absolute atomic E-state index is 13.9. The lowest BCUT2D eigenvalue weighted by molar-refractivity contribution is -0.164. The van der Waals surface area contributed by atoms with Crippen molar-refractivity contribution >= 4 is 5.97 Å². The van der Waals surface area contributed by atoms with Gasteiger partial charge in [-0.3, -0.25) is 4.79 Å². The molecule has 4 nitrogen and oxygen atoms in total. The maximum Gasteiger partial charge on any atom is 0.306 e. The molecule has 0 saturated heterocycles. The predicted octanol–water partition coefficient (Wildman–Crippen LogP) is 3.22. The summed E-state index contributed by atoms with van der Waals surface area (Å²) >= 11 is 0. The zero-order valence-corrected chi connectivity index (χ0v) is 12.4. The van der Waals surface area contributed by atoms with Crippen LogP contribution >= 0.6 is 0 Å². The highest BCUT2D eigenvalue weighted by Gasteiger charge is 2.29. The molecule has 0 amide bonds. The lowest BCUT2D eigenvalue weighted by Gasteiger charge is -2.25. The van der Waals surface area contributed by atoms with Crippen LogP contribution in [0.4, 0.5) is 4.39 Å². The van der Waals surface area contributed by atoms with Crippen molar-refractivity contribution in [3.63, 3.8) is 0 Å². The molecule has 0 radical (unpaired) electrons. The second-order valence-electron chi connectivity index (χ2n) is 5.36. The van der Waals surface area contributed by atoms with Crippen LogP contribution in [0.1, 0.15) is 37.9 Å². The van der Waals surface area contributed by atoms with Gasteiger partial charge in [-0.1, -0.05) is 18.2 Å². The third kappa shape index (κ3) is 4.79. The molecule has 1 aliphatic rings. The number of hydrogen-bond acceptors (Lipinski definition) is 4. The van der Waals surface area contributed by atoms with Gasteiger partial charge in [0.25, 0.3) is 0 Å². The minimum atomic E-state index is -0.686. The summed E-state index contributed by atoms with van der Waals surface area (Å²) in [6.45, 7) is 1.71. The number of rotatable bonds is 8. The van der Waals surface area contributed by atoms with Crippen LogP contribution < -0.4 is 0 Å². The minimum absolute atomic E-state index is 0.00349. The first-order chi connectivity index (χ1) is 10.1. The van der Waals surface area contributed by atoms with Crippen molar-refractivity contribution in [2.75, 3.05) is 13.9 Å². The summed E-state index contributed by atoms with van der Waals surface area (Å²) in [5.41, 5.74) is 0.362. The maximum atomic E-state index is 13.9. The number of esters is 1. The third-order valence-corrected chi connectivity index (χ3v) is 3.47. The molecule has 0 bridgehead atoms. The zero-order chi connectivity index (χ0) is 15.2. The van der Waals surface area contributed by atoms with E-state index in [1.54, 1.807) is 25.1 Å². The van der Waals surface area contributed by atoms with Crippen LogP contribution in [0.3, 0.4) is 0 Å². The van der Waals surface area contributed by atoms with E-state index in [1.165, 1.54) is 13.2 Å². The summed E-state index contributed by atoms with van der Waals surface area (Å²) in [6, 6.07) is 6.31. The van der Waals surface area contributed by atoms with E-state index in [0.29, 0.717) is 17.9 Å². The monoisotopic (exact) mass is 296 g/mol. The third-order valence-electron chi connectivity index (χ3n) is 3.47. The zero-order valence-electron chi connectivity index (χ0n) is 12.4. The highest BCUT2D eigenvalue weighted by atomic mass is 19.1. The number of benzene rings is 1. The molecule has 0 unspecified atom stereocenters. The van der Waals surface area contributed by atoms with E-state index in [2.05, 4.69) is 0 Å². The Morgan fingerprint density at radius 2 is 2.10 bits per heavy atom. The molecule has 1 aliphatic carbocycles. The van der Waals surface area contributed by atoms with Crippen molar-refractivity contribution in [1.82, 2.24) is 0 Å². The minimum Gasteiger partial charge on any atom is -0.459 e. The summed E-state index contributed by atoms with van der Waals surface area (Å²) in [7, 11) is 1.49. The van der Waals surface area contributed by atoms with Gasteiger partial charge >= 0.3 is 5.97 Å². The molecular weight excluding hydrogens is 275 g/mol. The van der Waals surface area contributed by atoms with Gasteiger partial charge < -0.3 is 14.2 Å². The van der Waals surface area contributed by atoms with Crippen molar-refractivity contribution < 1.29 is 23.4 Å². The van der Waals surface area contributed by atoms with Crippen molar-refractivity contribution in [1.29, 1.82) is 0 Å². The van der Waals surface area contributed by atoms with Crippen molar-refractivity contribution in [3.05, 3.63) is 35.6 Å². The van der Waals surface area contributed by atoms with Gasteiger partial charge in [0.15, 0.2) is 0 Å². The fourth-order valence-corrected chi connectivity index (χ4v) is 2.20. The summed E-state index contributed by atoms with van der Waals surface area (Å²) in [6.07, 6.45) is 1.33.